The Kier molecular flexibility index (Phi) is 3.03. The van der Waals surface area contributed by atoms with Gasteiger partial charge in [0, 0.05) is 4.88 Å². The molecular formula is C12H11NO2S. The SMILES string of the molecule is N[C@@H](c1cccs1)c1ccccc1C(=O)O. The molecule has 0 aliphatic rings. The van der Waals surface area contributed by atoms with Crippen LogP contribution in [0.15, 0.2) is 41.8 Å². The Morgan fingerprint density at radius 1 is 1.25 bits per heavy atom. The van der Waals surface area contributed by atoms with Crippen LogP contribution >= 0.6 is 11.3 Å². The molecule has 0 fully saturated rings. The van der Waals surface area contributed by atoms with E-state index in [4.69, 9.17) is 10.8 Å². The number of benzene rings is 1. The Labute approximate surface area is 97.2 Å². The maximum Gasteiger partial charge on any atom is 0.336 e. The molecule has 1 aromatic heterocycles. The zero-order valence-corrected chi connectivity index (χ0v) is 9.28. The highest BCUT2D eigenvalue weighted by molar-refractivity contribution is 7.10. The molecule has 1 heterocycles. The second-order valence-electron chi connectivity index (χ2n) is 3.39. The molecule has 1 aromatic carbocycles. The molecule has 0 saturated carbocycles. The fraction of sp³-hybridized carbons (Fsp3) is 0.0833. The van der Waals surface area contributed by atoms with Crippen molar-refractivity contribution < 1.29 is 9.90 Å². The van der Waals surface area contributed by atoms with Crippen LogP contribution < -0.4 is 5.73 Å². The molecular weight excluding hydrogens is 222 g/mol. The first-order valence-electron chi connectivity index (χ1n) is 4.81. The highest BCUT2D eigenvalue weighted by Gasteiger charge is 2.17. The van der Waals surface area contributed by atoms with E-state index in [2.05, 4.69) is 0 Å². The monoisotopic (exact) mass is 233 g/mol. The summed E-state index contributed by atoms with van der Waals surface area (Å²) in [6.07, 6.45) is 0. The summed E-state index contributed by atoms with van der Waals surface area (Å²) in [5.74, 6) is -0.942. The van der Waals surface area contributed by atoms with Gasteiger partial charge in [-0.1, -0.05) is 24.3 Å². The summed E-state index contributed by atoms with van der Waals surface area (Å²) in [6.45, 7) is 0. The van der Waals surface area contributed by atoms with Crippen LogP contribution in [0, 0.1) is 0 Å². The van der Waals surface area contributed by atoms with Gasteiger partial charge < -0.3 is 10.8 Å². The van der Waals surface area contributed by atoms with Crippen LogP contribution in [0.5, 0.6) is 0 Å². The van der Waals surface area contributed by atoms with Crippen LogP contribution in [-0.2, 0) is 0 Å². The summed E-state index contributed by atoms with van der Waals surface area (Å²) in [5.41, 5.74) is 6.96. The van der Waals surface area contributed by atoms with Gasteiger partial charge in [-0.2, -0.15) is 0 Å². The van der Waals surface area contributed by atoms with E-state index in [1.807, 2.05) is 17.5 Å². The second-order valence-corrected chi connectivity index (χ2v) is 4.36. The van der Waals surface area contributed by atoms with Crippen molar-refractivity contribution in [2.75, 3.05) is 0 Å². The smallest absolute Gasteiger partial charge is 0.336 e. The summed E-state index contributed by atoms with van der Waals surface area (Å²) in [7, 11) is 0. The van der Waals surface area contributed by atoms with E-state index in [0.717, 1.165) is 4.88 Å². The van der Waals surface area contributed by atoms with Gasteiger partial charge in [-0.15, -0.1) is 11.3 Å². The molecule has 82 valence electrons. The molecule has 0 amide bonds. The number of hydrogen-bond donors (Lipinski definition) is 2. The van der Waals surface area contributed by atoms with E-state index in [0.29, 0.717) is 5.56 Å². The fourth-order valence-corrected chi connectivity index (χ4v) is 2.33. The Bertz CT molecular complexity index is 493. The lowest BCUT2D eigenvalue weighted by Crippen LogP contribution is -2.14. The third-order valence-electron chi connectivity index (χ3n) is 2.38. The molecule has 0 aliphatic heterocycles. The highest BCUT2D eigenvalue weighted by atomic mass is 32.1. The molecule has 2 rings (SSSR count). The topological polar surface area (TPSA) is 63.3 Å². The maximum atomic E-state index is 11.0. The highest BCUT2D eigenvalue weighted by Crippen LogP contribution is 2.26. The Hall–Kier alpha value is -1.65. The van der Waals surface area contributed by atoms with E-state index >= 15 is 0 Å². The van der Waals surface area contributed by atoms with Crippen molar-refractivity contribution in [3.8, 4) is 0 Å². The molecule has 0 saturated heterocycles. The standard InChI is InChI=1S/C12H11NO2S/c13-11(10-6-3-7-16-10)8-4-1-2-5-9(8)12(14)15/h1-7,11H,13H2,(H,14,15)/t11-/m1/s1. The van der Waals surface area contributed by atoms with Crippen LogP contribution in [-0.4, -0.2) is 11.1 Å². The van der Waals surface area contributed by atoms with E-state index in [9.17, 15) is 4.79 Å². The van der Waals surface area contributed by atoms with Gasteiger partial charge in [0.2, 0.25) is 0 Å². The minimum absolute atomic E-state index is 0.267. The van der Waals surface area contributed by atoms with Crippen molar-refractivity contribution in [2.45, 2.75) is 6.04 Å². The molecule has 4 heteroatoms. The first-order chi connectivity index (χ1) is 7.70. The van der Waals surface area contributed by atoms with Gasteiger partial charge in [0.25, 0.3) is 0 Å². The third-order valence-corrected chi connectivity index (χ3v) is 3.33. The molecule has 0 unspecified atom stereocenters. The Morgan fingerprint density at radius 3 is 2.62 bits per heavy atom. The summed E-state index contributed by atoms with van der Waals surface area (Å²) in [6, 6.07) is 10.3. The molecule has 2 aromatic rings. The number of nitrogens with two attached hydrogens (primary N) is 1. The normalized spacial score (nSPS) is 12.3. The summed E-state index contributed by atoms with van der Waals surface area (Å²) in [4.78, 5) is 12.0. The molecule has 0 aliphatic carbocycles. The fourth-order valence-electron chi connectivity index (χ4n) is 1.58. The van der Waals surface area contributed by atoms with Crippen molar-refractivity contribution in [1.29, 1.82) is 0 Å². The third kappa shape index (κ3) is 1.98. The lowest BCUT2D eigenvalue weighted by Gasteiger charge is -2.12. The zero-order valence-electron chi connectivity index (χ0n) is 8.46. The number of carboxylic acid groups (broad SMARTS) is 1. The van der Waals surface area contributed by atoms with Crippen LogP contribution in [0.1, 0.15) is 26.8 Å². The van der Waals surface area contributed by atoms with Gasteiger partial charge in [-0.25, -0.2) is 4.79 Å². The van der Waals surface area contributed by atoms with Crippen molar-refractivity contribution in [3.63, 3.8) is 0 Å². The van der Waals surface area contributed by atoms with E-state index in [1.54, 1.807) is 24.3 Å². The number of rotatable bonds is 3. The van der Waals surface area contributed by atoms with Crippen LogP contribution in [0.2, 0.25) is 0 Å². The predicted molar refractivity (Wildman–Crippen MR) is 63.8 cm³/mol. The average molecular weight is 233 g/mol. The molecule has 0 radical (unpaired) electrons. The Balaban J connectivity index is 2.44. The Morgan fingerprint density at radius 2 is 2.00 bits per heavy atom. The van der Waals surface area contributed by atoms with Crippen molar-refractivity contribution in [1.82, 2.24) is 0 Å². The second kappa shape index (κ2) is 4.47. The van der Waals surface area contributed by atoms with E-state index in [1.165, 1.54) is 11.3 Å². The van der Waals surface area contributed by atoms with Gasteiger partial charge in [0.15, 0.2) is 0 Å². The molecule has 0 spiro atoms. The first kappa shape index (κ1) is 10.9. The molecule has 0 bridgehead atoms. The lowest BCUT2D eigenvalue weighted by molar-refractivity contribution is 0.0695. The number of aromatic carboxylic acids is 1. The molecule has 3 nitrogen and oxygen atoms in total. The van der Waals surface area contributed by atoms with E-state index in [-0.39, 0.29) is 11.6 Å². The van der Waals surface area contributed by atoms with Crippen molar-refractivity contribution >= 4 is 17.3 Å². The number of carboxylic acids is 1. The van der Waals surface area contributed by atoms with Gasteiger partial charge in [0.1, 0.15) is 0 Å². The molecule has 16 heavy (non-hydrogen) atoms. The summed E-state index contributed by atoms with van der Waals surface area (Å²) < 4.78 is 0. The summed E-state index contributed by atoms with van der Waals surface area (Å²) in [5, 5.41) is 11.0. The minimum Gasteiger partial charge on any atom is -0.478 e. The number of carbonyl (C=O) groups is 1. The van der Waals surface area contributed by atoms with E-state index < -0.39 is 5.97 Å². The minimum atomic E-state index is -0.942. The van der Waals surface area contributed by atoms with Crippen LogP contribution in [0.25, 0.3) is 0 Å². The number of thiophene rings is 1. The first-order valence-corrected chi connectivity index (χ1v) is 5.69. The van der Waals surface area contributed by atoms with Crippen molar-refractivity contribution in [2.24, 2.45) is 5.73 Å². The molecule has 1 atom stereocenters. The lowest BCUT2D eigenvalue weighted by atomic mass is 10.00. The zero-order chi connectivity index (χ0) is 11.5. The quantitative estimate of drug-likeness (QED) is 0.856. The predicted octanol–water partition coefficient (Wildman–Crippen LogP) is 2.49. The maximum absolute atomic E-state index is 11.0. The van der Waals surface area contributed by atoms with Crippen LogP contribution in [0.4, 0.5) is 0 Å². The van der Waals surface area contributed by atoms with Crippen molar-refractivity contribution in [3.05, 3.63) is 57.8 Å². The van der Waals surface area contributed by atoms with Gasteiger partial charge in [0.05, 0.1) is 11.6 Å². The van der Waals surface area contributed by atoms with Gasteiger partial charge in [-0.3, -0.25) is 0 Å². The van der Waals surface area contributed by atoms with Gasteiger partial charge >= 0.3 is 5.97 Å². The van der Waals surface area contributed by atoms with Crippen LogP contribution in [0.3, 0.4) is 0 Å². The largest absolute Gasteiger partial charge is 0.478 e. The van der Waals surface area contributed by atoms with Gasteiger partial charge in [-0.05, 0) is 23.1 Å². The number of hydrogen-bond acceptors (Lipinski definition) is 3. The molecule has 3 N–H and O–H groups in total. The summed E-state index contributed by atoms with van der Waals surface area (Å²) >= 11 is 1.53. The average Bonchev–Trinajstić information content (AvgIpc) is 2.81.